The van der Waals surface area contributed by atoms with Crippen molar-refractivity contribution in [2.45, 2.75) is 19.9 Å². The second-order valence-corrected chi connectivity index (χ2v) is 5.02. The first-order chi connectivity index (χ1) is 11.6. The summed E-state index contributed by atoms with van der Waals surface area (Å²) < 4.78 is 5.15. The Morgan fingerprint density at radius 3 is 2.50 bits per heavy atom. The summed E-state index contributed by atoms with van der Waals surface area (Å²) in [6.07, 6.45) is 2.25. The highest BCUT2D eigenvalue weighted by Crippen LogP contribution is 2.15. The number of furan rings is 1. The van der Waals surface area contributed by atoms with Gasteiger partial charge in [0.05, 0.1) is 24.1 Å². The van der Waals surface area contributed by atoms with Crippen LogP contribution in [0.5, 0.6) is 0 Å². The normalized spacial score (nSPS) is 10.0. The lowest BCUT2D eigenvalue weighted by molar-refractivity contribution is -0.136. The maximum Gasteiger partial charge on any atom is 0.313 e. The van der Waals surface area contributed by atoms with Gasteiger partial charge in [0.15, 0.2) is 0 Å². The highest BCUT2D eigenvalue weighted by atomic mass is 16.3. The third-order valence-corrected chi connectivity index (χ3v) is 3.16. The molecule has 126 valence electrons. The Kier molecular flexibility index (Phi) is 6.13. The van der Waals surface area contributed by atoms with E-state index in [4.69, 9.17) is 4.42 Å². The molecule has 7 nitrogen and oxygen atoms in total. The number of benzene rings is 1. The van der Waals surface area contributed by atoms with Crippen molar-refractivity contribution in [3.63, 3.8) is 0 Å². The fraction of sp³-hybridized carbons (Fsp3) is 0.235. The number of amides is 3. The number of nitrogens with one attached hydrogen (secondary N) is 3. The molecule has 0 spiro atoms. The van der Waals surface area contributed by atoms with Gasteiger partial charge in [-0.2, -0.15) is 0 Å². The average Bonchev–Trinajstić information content (AvgIpc) is 3.11. The summed E-state index contributed by atoms with van der Waals surface area (Å²) in [6.45, 7) is 2.53. The first-order valence-electron chi connectivity index (χ1n) is 7.60. The fourth-order valence-electron chi connectivity index (χ4n) is 1.96. The van der Waals surface area contributed by atoms with Gasteiger partial charge in [-0.1, -0.05) is 19.1 Å². The number of anilines is 1. The van der Waals surface area contributed by atoms with Crippen molar-refractivity contribution in [3.8, 4) is 0 Å². The van der Waals surface area contributed by atoms with Crippen LogP contribution >= 0.6 is 0 Å². The van der Waals surface area contributed by atoms with Crippen LogP contribution in [0.1, 0.15) is 29.5 Å². The molecule has 2 rings (SSSR count). The summed E-state index contributed by atoms with van der Waals surface area (Å²) in [6, 6.07) is 9.94. The van der Waals surface area contributed by atoms with Crippen molar-refractivity contribution in [1.82, 2.24) is 10.6 Å². The molecule has 0 aliphatic heterocycles. The number of hydrogen-bond acceptors (Lipinski definition) is 4. The Balaban J connectivity index is 2.02. The van der Waals surface area contributed by atoms with E-state index in [9.17, 15) is 14.4 Å². The van der Waals surface area contributed by atoms with Crippen LogP contribution in [0.3, 0.4) is 0 Å². The molecule has 24 heavy (non-hydrogen) atoms. The molecule has 1 heterocycles. The molecule has 0 aliphatic rings. The predicted octanol–water partition coefficient (Wildman–Crippen LogP) is 1.67. The molecule has 1 aromatic carbocycles. The van der Waals surface area contributed by atoms with Crippen LogP contribution in [0.15, 0.2) is 47.1 Å². The lowest BCUT2D eigenvalue weighted by atomic mass is 10.1. The van der Waals surface area contributed by atoms with E-state index in [1.807, 2.05) is 6.92 Å². The highest BCUT2D eigenvalue weighted by Gasteiger charge is 2.17. The van der Waals surface area contributed by atoms with Gasteiger partial charge >= 0.3 is 11.8 Å². The minimum absolute atomic E-state index is 0.227. The lowest BCUT2D eigenvalue weighted by Crippen LogP contribution is -2.36. The van der Waals surface area contributed by atoms with Gasteiger partial charge in [-0.25, -0.2) is 0 Å². The Labute approximate surface area is 139 Å². The molecule has 7 heteroatoms. The zero-order valence-corrected chi connectivity index (χ0v) is 13.3. The molecule has 1 aromatic heterocycles. The summed E-state index contributed by atoms with van der Waals surface area (Å²) in [7, 11) is 0. The maximum atomic E-state index is 12.3. The summed E-state index contributed by atoms with van der Waals surface area (Å²) in [4.78, 5) is 35.8. The van der Waals surface area contributed by atoms with E-state index in [0.29, 0.717) is 12.3 Å². The van der Waals surface area contributed by atoms with Crippen molar-refractivity contribution in [2.75, 3.05) is 11.9 Å². The van der Waals surface area contributed by atoms with Gasteiger partial charge in [0.1, 0.15) is 5.76 Å². The topological polar surface area (TPSA) is 100 Å². The van der Waals surface area contributed by atoms with Gasteiger partial charge in [0, 0.05) is 6.54 Å². The Morgan fingerprint density at radius 2 is 1.79 bits per heavy atom. The zero-order valence-electron chi connectivity index (χ0n) is 13.3. The van der Waals surface area contributed by atoms with Crippen LogP contribution in [-0.4, -0.2) is 24.3 Å². The predicted molar refractivity (Wildman–Crippen MR) is 88.3 cm³/mol. The molecular weight excluding hydrogens is 310 g/mol. The molecule has 0 fully saturated rings. The van der Waals surface area contributed by atoms with E-state index >= 15 is 0 Å². The van der Waals surface area contributed by atoms with E-state index in [0.717, 1.165) is 6.42 Å². The van der Waals surface area contributed by atoms with Crippen LogP contribution in [0.2, 0.25) is 0 Å². The van der Waals surface area contributed by atoms with Crippen molar-refractivity contribution >= 4 is 23.4 Å². The summed E-state index contributed by atoms with van der Waals surface area (Å²) in [5.74, 6) is -1.31. The molecule has 0 radical (unpaired) electrons. The Morgan fingerprint density at radius 1 is 1.00 bits per heavy atom. The van der Waals surface area contributed by atoms with Gasteiger partial charge in [-0.15, -0.1) is 0 Å². The molecule has 0 saturated heterocycles. The van der Waals surface area contributed by atoms with E-state index in [2.05, 4.69) is 16.0 Å². The summed E-state index contributed by atoms with van der Waals surface area (Å²) >= 11 is 0. The fourth-order valence-corrected chi connectivity index (χ4v) is 1.96. The van der Waals surface area contributed by atoms with Crippen LogP contribution in [-0.2, 0) is 16.1 Å². The van der Waals surface area contributed by atoms with Crippen LogP contribution in [0, 0.1) is 0 Å². The van der Waals surface area contributed by atoms with Crippen LogP contribution in [0.25, 0.3) is 0 Å². The third kappa shape index (κ3) is 4.70. The first kappa shape index (κ1) is 17.3. The Hall–Kier alpha value is -3.09. The minimum Gasteiger partial charge on any atom is -0.467 e. The molecule has 0 saturated carbocycles. The van der Waals surface area contributed by atoms with Crippen LogP contribution in [0.4, 0.5) is 5.69 Å². The van der Waals surface area contributed by atoms with Crippen molar-refractivity contribution in [1.29, 1.82) is 0 Å². The monoisotopic (exact) mass is 329 g/mol. The SMILES string of the molecule is CCCNC(=O)C(=O)Nc1ccccc1C(=O)NCc1ccco1. The number of carbonyl (C=O) groups is 3. The molecule has 0 bridgehead atoms. The second kappa shape index (κ2) is 8.52. The van der Waals surface area contributed by atoms with Gasteiger partial charge in [0.2, 0.25) is 0 Å². The molecule has 0 atom stereocenters. The van der Waals surface area contributed by atoms with Gasteiger partial charge in [-0.3, -0.25) is 14.4 Å². The van der Waals surface area contributed by atoms with E-state index in [1.165, 1.54) is 6.26 Å². The first-order valence-corrected chi connectivity index (χ1v) is 7.60. The molecular formula is C17H19N3O4. The quantitative estimate of drug-likeness (QED) is 0.702. The molecule has 3 amide bonds. The minimum atomic E-state index is -0.810. The smallest absolute Gasteiger partial charge is 0.313 e. The number of carbonyl (C=O) groups excluding carboxylic acids is 3. The molecule has 0 aliphatic carbocycles. The standard InChI is InChI=1S/C17H19N3O4/c1-2-9-18-16(22)17(23)20-14-8-4-3-7-13(14)15(21)19-11-12-6-5-10-24-12/h3-8,10H,2,9,11H2,1H3,(H,18,22)(H,19,21)(H,20,23). The Bertz CT molecular complexity index is 710. The second-order valence-electron chi connectivity index (χ2n) is 5.02. The van der Waals surface area contributed by atoms with E-state index in [-0.39, 0.29) is 23.7 Å². The largest absolute Gasteiger partial charge is 0.467 e. The lowest BCUT2D eigenvalue weighted by Gasteiger charge is -2.11. The van der Waals surface area contributed by atoms with Crippen molar-refractivity contribution < 1.29 is 18.8 Å². The zero-order chi connectivity index (χ0) is 17.4. The summed E-state index contributed by atoms with van der Waals surface area (Å²) in [5.41, 5.74) is 0.534. The summed E-state index contributed by atoms with van der Waals surface area (Å²) in [5, 5.41) is 7.63. The molecule has 2 aromatic rings. The van der Waals surface area contributed by atoms with Crippen molar-refractivity contribution in [3.05, 3.63) is 54.0 Å². The van der Waals surface area contributed by atoms with Crippen molar-refractivity contribution in [2.24, 2.45) is 0 Å². The van der Waals surface area contributed by atoms with Gasteiger partial charge in [0.25, 0.3) is 5.91 Å². The highest BCUT2D eigenvalue weighted by molar-refractivity contribution is 6.40. The van der Waals surface area contributed by atoms with Crippen LogP contribution < -0.4 is 16.0 Å². The molecule has 0 unspecified atom stereocenters. The number of rotatable bonds is 6. The number of hydrogen-bond donors (Lipinski definition) is 3. The van der Waals surface area contributed by atoms with Gasteiger partial charge in [-0.05, 0) is 30.7 Å². The average molecular weight is 329 g/mol. The number of para-hydroxylation sites is 1. The van der Waals surface area contributed by atoms with Gasteiger partial charge < -0.3 is 20.4 Å². The third-order valence-electron chi connectivity index (χ3n) is 3.16. The van der Waals surface area contributed by atoms with E-state index in [1.54, 1.807) is 36.4 Å². The molecule has 3 N–H and O–H groups in total. The van der Waals surface area contributed by atoms with E-state index < -0.39 is 11.8 Å². The maximum absolute atomic E-state index is 12.3.